The van der Waals surface area contributed by atoms with Crippen LogP contribution in [0.15, 0.2) is 63.8 Å². The van der Waals surface area contributed by atoms with Gasteiger partial charge in [-0.15, -0.1) is 0 Å². The molecule has 1 aliphatic heterocycles. The molecule has 4 rings (SSSR count). The Kier molecular flexibility index (Phi) is 4.15. The zero-order chi connectivity index (χ0) is 17.2. The summed E-state index contributed by atoms with van der Waals surface area (Å²) in [5.74, 6) is -0.350. The van der Waals surface area contributed by atoms with Crippen LogP contribution in [0.25, 0.3) is 11.0 Å². The highest BCUT2D eigenvalue weighted by molar-refractivity contribution is 5.89. The molecule has 2 aromatic carbocycles. The number of benzene rings is 2. The summed E-state index contributed by atoms with van der Waals surface area (Å²) in [6, 6.07) is 17.7. The molecule has 1 N–H and O–H groups in total. The van der Waals surface area contributed by atoms with Gasteiger partial charge in [0.15, 0.2) is 5.58 Å². The van der Waals surface area contributed by atoms with Crippen LogP contribution in [0.2, 0.25) is 0 Å². The number of nitrogens with zero attached hydrogens (tertiary/aromatic N) is 2. The summed E-state index contributed by atoms with van der Waals surface area (Å²) in [4.78, 5) is 16.3. The summed E-state index contributed by atoms with van der Waals surface area (Å²) in [7, 11) is 0. The number of hydrogen-bond donors (Lipinski definition) is 1. The molecule has 0 aliphatic carbocycles. The van der Waals surface area contributed by atoms with Gasteiger partial charge < -0.3 is 14.4 Å². The van der Waals surface area contributed by atoms with Crippen molar-refractivity contribution >= 4 is 16.7 Å². The van der Waals surface area contributed by atoms with Crippen LogP contribution in [0.3, 0.4) is 0 Å². The van der Waals surface area contributed by atoms with Crippen molar-refractivity contribution in [2.75, 3.05) is 31.1 Å². The molecule has 0 spiro atoms. The Balaban J connectivity index is 1.52. The second-order valence-electron chi connectivity index (χ2n) is 6.36. The smallest absolute Gasteiger partial charge is 0.378 e. The summed E-state index contributed by atoms with van der Waals surface area (Å²) in [6.07, 6.45) is 0. The third kappa shape index (κ3) is 3.23. The number of para-hydroxylation sites is 1. The Labute approximate surface area is 145 Å². The lowest BCUT2D eigenvalue weighted by molar-refractivity contribution is 0.250. The SMILES string of the molecule is O=c1oc2c(N3CCN(Cc4ccccc4)CC3)cccc2cc1O. The average molecular weight is 336 g/mol. The Morgan fingerprint density at radius 1 is 0.960 bits per heavy atom. The van der Waals surface area contributed by atoms with E-state index in [2.05, 4.69) is 34.1 Å². The minimum absolute atomic E-state index is 0.350. The van der Waals surface area contributed by atoms with Crippen molar-refractivity contribution in [1.82, 2.24) is 4.90 Å². The molecule has 0 bridgehead atoms. The number of hydrogen-bond acceptors (Lipinski definition) is 5. The van der Waals surface area contributed by atoms with Crippen LogP contribution >= 0.6 is 0 Å². The second-order valence-corrected chi connectivity index (χ2v) is 6.36. The van der Waals surface area contributed by atoms with Crippen molar-refractivity contribution < 1.29 is 9.52 Å². The quantitative estimate of drug-likeness (QED) is 0.746. The molecular weight excluding hydrogens is 316 g/mol. The largest absolute Gasteiger partial charge is 0.502 e. The Hall–Kier alpha value is -2.79. The van der Waals surface area contributed by atoms with Gasteiger partial charge in [0.2, 0.25) is 5.75 Å². The maximum Gasteiger partial charge on any atom is 0.378 e. The van der Waals surface area contributed by atoms with Gasteiger partial charge in [-0.05, 0) is 17.7 Å². The van der Waals surface area contributed by atoms with Crippen molar-refractivity contribution in [2.24, 2.45) is 0 Å². The third-order valence-corrected chi connectivity index (χ3v) is 4.68. The van der Waals surface area contributed by atoms with Crippen LogP contribution in [-0.2, 0) is 6.54 Å². The van der Waals surface area contributed by atoms with Crippen molar-refractivity contribution in [2.45, 2.75) is 6.54 Å². The van der Waals surface area contributed by atoms with Gasteiger partial charge in [-0.25, -0.2) is 4.79 Å². The van der Waals surface area contributed by atoms with Gasteiger partial charge in [-0.1, -0.05) is 42.5 Å². The van der Waals surface area contributed by atoms with Crippen molar-refractivity contribution in [3.05, 3.63) is 70.6 Å². The lowest BCUT2D eigenvalue weighted by atomic mass is 10.1. The Morgan fingerprint density at radius 3 is 2.48 bits per heavy atom. The fraction of sp³-hybridized carbons (Fsp3) is 0.250. The molecule has 0 radical (unpaired) electrons. The van der Waals surface area contributed by atoms with E-state index in [9.17, 15) is 9.90 Å². The molecule has 0 saturated carbocycles. The summed E-state index contributed by atoms with van der Waals surface area (Å²) in [5, 5.41) is 10.3. The van der Waals surface area contributed by atoms with E-state index in [-0.39, 0.29) is 5.75 Å². The van der Waals surface area contributed by atoms with Crippen LogP contribution in [0, 0.1) is 0 Å². The van der Waals surface area contributed by atoms with Crippen LogP contribution in [0.1, 0.15) is 5.56 Å². The monoisotopic (exact) mass is 336 g/mol. The third-order valence-electron chi connectivity index (χ3n) is 4.68. The van der Waals surface area contributed by atoms with Gasteiger partial charge in [-0.2, -0.15) is 0 Å². The number of fused-ring (bicyclic) bond motifs is 1. The fourth-order valence-corrected chi connectivity index (χ4v) is 3.36. The van der Waals surface area contributed by atoms with Gasteiger partial charge >= 0.3 is 5.63 Å². The molecule has 128 valence electrons. The van der Waals surface area contributed by atoms with Gasteiger partial charge in [0.25, 0.3) is 0 Å². The first-order valence-corrected chi connectivity index (χ1v) is 8.48. The Morgan fingerprint density at radius 2 is 1.72 bits per heavy atom. The minimum Gasteiger partial charge on any atom is -0.502 e. The predicted octanol–water partition coefficient (Wildman–Crippen LogP) is 2.82. The molecule has 1 aromatic heterocycles. The van der Waals surface area contributed by atoms with Crippen molar-refractivity contribution in [3.63, 3.8) is 0 Å². The van der Waals surface area contributed by atoms with Gasteiger partial charge in [0, 0.05) is 38.1 Å². The van der Waals surface area contributed by atoms with Crippen LogP contribution in [0.4, 0.5) is 5.69 Å². The molecule has 25 heavy (non-hydrogen) atoms. The Bertz CT molecular complexity index is 929. The molecule has 5 heteroatoms. The highest BCUT2D eigenvalue weighted by Gasteiger charge is 2.20. The molecule has 0 atom stereocenters. The van der Waals surface area contributed by atoms with E-state index < -0.39 is 5.63 Å². The van der Waals surface area contributed by atoms with E-state index in [4.69, 9.17) is 4.42 Å². The molecule has 1 saturated heterocycles. The molecule has 1 aliphatic rings. The predicted molar refractivity (Wildman–Crippen MR) is 98.1 cm³/mol. The van der Waals surface area contributed by atoms with Crippen molar-refractivity contribution in [3.8, 4) is 5.75 Å². The number of anilines is 1. The molecule has 5 nitrogen and oxygen atoms in total. The number of rotatable bonds is 3. The highest BCUT2D eigenvalue weighted by Crippen LogP contribution is 2.28. The normalized spacial score (nSPS) is 15.6. The lowest BCUT2D eigenvalue weighted by Crippen LogP contribution is -2.46. The van der Waals surface area contributed by atoms with E-state index in [1.54, 1.807) is 0 Å². The molecular formula is C20H20N2O3. The molecule has 0 amide bonds. The maximum atomic E-state index is 11.7. The van der Waals surface area contributed by atoms with E-state index in [1.165, 1.54) is 11.6 Å². The zero-order valence-corrected chi connectivity index (χ0v) is 13.9. The van der Waals surface area contributed by atoms with E-state index in [0.29, 0.717) is 5.58 Å². The first kappa shape index (κ1) is 15.7. The zero-order valence-electron chi connectivity index (χ0n) is 13.9. The van der Waals surface area contributed by atoms with Gasteiger partial charge in [-0.3, -0.25) is 4.90 Å². The minimum atomic E-state index is -0.692. The second kappa shape index (κ2) is 6.61. The first-order chi connectivity index (χ1) is 12.2. The van der Waals surface area contributed by atoms with E-state index in [1.807, 2.05) is 24.3 Å². The molecule has 2 heterocycles. The summed E-state index contributed by atoms with van der Waals surface area (Å²) in [6.45, 7) is 4.60. The summed E-state index contributed by atoms with van der Waals surface area (Å²) >= 11 is 0. The fourth-order valence-electron chi connectivity index (χ4n) is 3.36. The highest BCUT2D eigenvalue weighted by atomic mass is 16.4. The summed E-state index contributed by atoms with van der Waals surface area (Å²) in [5.41, 5.74) is 2.08. The maximum absolute atomic E-state index is 11.7. The van der Waals surface area contributed by atoms with E-state index >= 15 is 0 Å². The van der Waals surface area contributed by atoms with E-state index in [0.717, 1.165) is 43.8 Å². The average Bonchev–Trinajstić information content (AvgIpc) is 2.64. The number of piperazine rings is 1. The van der Waals surface area contributed by atoms with Crippen molar-refractivity contribution in [1.29, 1.82) is 0 Å². The van der Waals surface area contributed by atoms with Gasteiger partial charge in [0.1, 0.15) is 0 Å². The van der Waals surface area contributed by atoms with Crippen LogP contribution in [-0.4, -0.2) is 36.2 Å². The van der Waals surface area contributed by atoms with Gasteiger partial charge in [0.05, 0.1) is 5.69 Å². The first-order valence-electron chi connectivity index (χ1n) is 8.48. The van der Waals surface area contributed by atoms with Crippen LogP contribution < -0.4 is 10.5 Å². The van der Waals surface area contributed by atoms with Crippen LogP contribution in [0.5, 0.6) is 5.75 Å². The lowest BCUT2D eigenvalue weighted by Gasteiger charge is -2.36. The number of aromatic hydroxyl groups is 1. The molecule has 3 aromatic rings. The molecule has 0 unspecified atom stereocenters. The molecule has 1 fully saturated rings. The topological polar surface area (TPSA) is 56.9 Å². The standard InChI is InChI=1S/C20H20N2O3/c23-18-13-16-7-4-8-17(19(16)25-20(18)24)22-11-9-21(10-12-22)14-15-5-2-1-3-6-15/h1-8,13,23H,9-12,14H2. The summed E-state index contributed by atoms with van der Waals surface area (Å²) < 4.78 is 5.34.